The van der Waals surface area contributed by atoms with Gasteiger partial charge >= 0.3 is 5.97 Å². The first kappa shape index (κ1) is 15.5. The Bertz CT molecular complexity index is 433. The molecule has 0 radical (unpaired) electrons. The van der Waals surface area contributed by atoms with Gasteiger partial charge in [-0.15, -0.1) is 11.8 Å². The summed E-state index contributed by atoms with van der Waals surface area (Å²) in [7, 11) is 0. The van der Waals surface area contributed by atoms with Gasteiger partial charge in [-0.05, 0) is 37.6 Å². The Hall–Kier alpha value is -0.590. The van der Waals surface area contributed by atoms with Crippen molar-refractivity contribution >= 4 is 33.7 Å². The van der Waals surface area contributed by atoms with Gasteiger partial charge in [0, 0.05) is 15.0 Å². The molecule has 0 unspecified atom stereocenters. The highest BCUT2D eigenvalue weighted by Crippen LogP contribution is 2.31. The molecular formula is C12H15BrFNO2S. The summed E-state index contributed by atoms with van der Waals surface area (Å²) in [6.45, 7) is 3.54. The Kier molecular flexibility index (Phi) is 5.19. The van der Waals surface area contributed by atoms with Crippen LogP contribution in [-0.4, -0.2) is 21.9 Å². The van der Waals surface area contributed by atoms with Crippen molar-refractivity contribution < 1.29 is 14.3 Å². The van der Waals surface area contributed by atoms with E-state index in [4.69, 9.17) is 10.8 Å². The van der Waals surface area contributed by atoms with Crippen LogP contribution in [0.4, 0.5) is 4.39 Å². The third kappa shape index (κ3) is 4.26. The molecule has 0 aliphatic carbocycles. The fourth-order valence-electron chi connectivity index (χ4n) is 1.35. The number of thioether (sulfide) groups is 1. The lowest BCUT2D eigenvalue weighted by molar-refractivity contribution is -0.139. The summed E-state index contributed by atoms with van der Waals surface area (Å²) < 4.78 is 13.2. The normalized spacial score (nSPS) is 13.4. The van der Waals surface area contributed by atoms with Gasteiger partial charge in [0.1, 0.15) is 11.9 Å². The van der Waals surface area contributed by atoms with Gasteiger partial charge in [0.15, 0.2) is 0 Å². The molecule has 0 aliphatic rings. The Balaban J connectivity index is 2.72. The van der Waals surface area contributed by atoms with Gasteiger partial charge in [-0.2, -0.15) is 0 Å². The van der Waals surface area contributed by atoms with E-state index in [-0.39, 0.29) is 5.82 Å². The van der Waals surface area contributed by atoms with Gasteiger partial charge in [-0.25, -0.2) is 4.39 Å². The van der Waals surface area contributed by atoms with Crippen molar-refractivity contribution in [3.05, 3.63) is 34.1 Å². The molecule has 100 valence electrons. The van der Waals surface area contributed by atoms with Crippen LogP contribution >= 0.6 is 27.7 Å². The quantitative estimate of drug-likeness (QED) is 0.868. The third-order valence-electron chi connectivity index (χ3n) is 2.55. The van der Waals surface area contributed by atoms with Crippen LogP contribution in [0.15, 0.2) is 22.7 Å². The zero-order valence-electron chi connectivity index (χ0n) is 10.1. The highest BCUT2D eigenvalue weighted by Gasteiger charge is 2.32. The average Bonchev–Trinajstić information content (AvgIpc) is 2.24. The molecular weight excluding hydrogens is 321 g/mol. The second-order valence-electron chi connectivity index (χ2n) is 4.49. The smallest absolute Gasteiger partial charge is 0.321 e. The molecule has 0 saturated heterocycles. The van der Waals surface area contributed by atoms with E-state index in [1.807, 2.05) is 0 Å². The predicted molar refractivity (Wildman–Crippen MR) is 75.1 cm³/mol. The largest absolute Gasteiger partial charge is 0.480 e. The number of hydrogen-bond donors (Lipinski definition) is 2. The average molecular weight is 336 g/mol. The van der Waals surface area contributed by atoms with E-state index >= 15 is 0 Å². The van der Waals surface area contributed by atoms with Gasteiger partial charge < -0.3 is 10.8 Å². The van der Waals surface area contributed by atoms with Crippen molar-refractivity contribution in [3.8, 4) is 0 Å². The van der Waals surface area contributed by atoms with Crippen LogP contribution < -0.4 is 5.73 Å². The van der Waals surface area contributed by atoms with Crippen LogP contribution in [0.1, 0.15) is 19.4 Å². The monoisotopic (exact) mass is 335 g/mol. The highest BCUT2D eigenvalue weighted by atomic mass is 79.9. The minimum Gasteiger partial charge on any atom is -0.480 e. The molecule has 0 heterocycles. The number of carboxylic acids is 1. The molecule has 1 aromatic rings. The zero-order chi connectivity index (χ0) is 13.9. The van der Waals surface area contributed by atoms with E-state index in [2.05, 4.69) is 15.9 Å². The summed E-state index contributed by atoms with van der Waals surface area (Å²) in [5, 5.41) is 8.90. The van der Waals surface area contributed by atoms with Gasteiger partial charge in [0.05, 0.1) is 0 Å². The lowest BCUT2D eigenvalue weighted by atomic mass is 10.1. The Morgan fingerprint density at radius 2 is 2.17 bits per heavy atom. The van der Waals surface area contributed by atoms with Crippen molar-refractivity contribution in [3.63, 3.8) is 0 Å². The molecule has 1 atom stereocenters. The molecule has 6 heteroatoms. The fraction of sp³-hybridized carbons (Fsp3) is 0.417. The number of carboxylic acid groups (broad SMARTS) is 1. The van der Waals surface area contributed by atoms with Crippen LogP contribution in [0.5, 0.6) is 0 Å². The second kappa shape index (κ2) is 6.04. The Morgan fingerprint density at radius 1 is 1.56 bits per heavy atom. The topological polar surface area (TPSA) is 63.3 Å². The van der Waals surface area contributed by atoms with Crippen LogP contribution in [0.3, 0.4) is 0 Å². The molecule has 1 rings (SSSR count). The van der Waals surface area contributed by atoms with E-state index in [9.17, 15) is 9.18 Å². The van der Waals surface area contributed by atoms with Crippen molar-refractivity contribution in [2.24, 2.45) is 5.73 Å². The molecule has 0 aliphatic heterocycles. The first-order valence-electron chi connectivity index (χ1n) is 5.29. The minimum atomic E-state index is -1.03. The summed E-state index contributed by atoms with van der Waals surface area (Å²) in [6.07, 6.45) is 0. The van der Waals surface area contributed by atoms with E-state index in [1.165, 1.54) is 23.9 Å². The van der Waals surface area contributed by atoms with Gasteiger partial charge in [-0.3, -0.25) is 4.79 Å². The molecule has 0 fully saturated rings. The Morgan fingerprint density at radius 3 is 2.67 bits per heavy atom. The Labute approximate surface area is 118 Å². The molecule has 0 saturated carbocycles. The lowest BCUT2D eigenvalue weighted by Gasteiger charge is -2.28. The molecule has 0 spiro atoms. The SMILES string of the molecule is CC(C)(SCc1cc(F)cc(Br)c1)[C@@H](N)C(=O)O. The van der Waals surface area contributed by atoms with Crippen LogP contribution in [0.25, 0.3) is 0 Å². The first-order chi connectivity index (χ1) is 8.22. The van der Waals surface area contributed by atoms with Gasteiger partial charge in [-0.1, -0.05) is 15.9 Å². The number of benzene rings is 1. The second-order valence-corrected chi connectivity index (χ2v) is 7.03. The summed E-state index contributed by atoms with van der Waals surface area (Å²) in [5.74, 6) is -0.849. The highest BCUT2D eigenvalue weighted by molar-refractivity contribution is 9.10. The summed E-state index contributed by atoms with van der Waals surface area (Å²) in [6, 6.07) is 3.65. The number of aliphatic carboxylic acids is 1. The van der Waals surface area contributed by atoms with Crippen molar-refractivity contribution in [2.75, 3.05) is 0 Å². The van der Waals surface area contributed by atoms with E-state index in [1.54, 1.807) is 19.9 Å². The number of carbonyl (C=O) groups is 1. The van der Waals surface area contributed by atoms with E-state index < -0.39 is 16.8 Å². The van der Waals surface area contributed by atoms with Gasteiger partial charge in [0.25, 0.3) is 0 Å². The number of halogens is 2. The van der Waals surface area contributed by atoms with Gasteiger partial charge in [0.2, 0.25) is 0 Å². The van der Waals surface area contributed by atoms with Crippen molar-refractivity contribution in [2.45, 2.75) is 30.4 Å². The van der Waals surface area contributed by atoms with Crippen molar-refractivity contribution in [1.82, 2.24) is 0 Å². The molecule has 0 amide bonds. The molecule has 18 heavy (non-hydrogen) atoms. The van der Waals surface area contributed by atoms with Crippen LogP contribution in [0.2, 0.25) is 0 Å². The van der Waals surface area contributed by atoms with E-state index in [0.717, 1.165) is 5.56 Å². The number of rotatable bonds is 5. The number of nitrogens with two attached hydrogens (primary N) is 1. The van der Waals surface area contributed by atoms with Crippen molar-refractivity contribution in [1.29, 1.82) is 0 Å². The van der Waals surface area contributed by atoms with Crippen LogP contribution in [0, 0.1) is 5.82 Å². The number of hydrogen-bond acceptors (Lipinski definition) is 3. The fourth-order valence-corrected chi connectivity index (χ4v) is 2.85. The lowest BCUT2D eigenvalue weighted by Crippen LogP contribution is -2.46. The first-order valence-corrected chi connectivity index (χ1v) is 7.07. The standard InChI is InChI=1S/C12H15BrFNO2S/c1-12(2,10(15)11(16)17)18-6-7-3-8(13)5-9(14)4-7/h3-5,10H,6,15H2,1-2H3,(H,16,17)/t10-/m0/s1. The molecule has 0 bridgehead atoms. The maximum absolute atomic E-state index is 13.2. The zero-order valence-corrected chi connectivity index (χ0v) is 12.5. The molecule has 3 nitrogen and oxygen atoms in total. The maximum Gasteiger partial charge on any atom is 0.321 e. The summed E-state index contributed by atoms with van der Waals surface area (Å²) >= 11 is 4.61. The summed E-state index contributed by atoms with van der Waals surface area (Å²) in [5.41, 5.74) is 6.40. The van der Waals surface area contributed by atoms with Crippen LogP contribution in [-0.2, 0) is 10.5 Å². The third-order valence-corrected chi connectivity index (χ3v) is 4.48. The molecule has 0 aromatic heterocycles. The predicted octanol–water partition coefficient (Wildman–Crippen LogP) is 3.01. The summed E-state index contributed by atoms with van der Waals surface area (Å²) in [4.78, 5) is 10.9. The van der Waals surface area contributed by atoms with E-state index in [0.29, 0.717) is 10.2 Å². The maximum atomic E-state index is 13.2. The molecule has 3 N–H and O–H groups in total. The minimum absolute atomic E-state index is 0.319. The molecule has 1 aromatic carbocycles.